The average Bonchev–Trinajstić information content (AvgIpc) is 2.37. The van der Waals surface area contributed by atoms with Gasteiger partial charge in [-0.2, -0.15) is 0 Å². The molecule has 0 atom stereocenters. The van der Waals surface area contributed by atoms with Crippen molar-refractivity contribution in [2.75, 3.05) is 26.2 Å². The molecule has 0 aromatic heterocycles. The number of hydrogen-bond donors (Lipinski definition) is 1. The van der Waals surface area contributed by atoms with Gasteiger partial charge in [-0.25, -0.2) is 0 Å². The summed E-state index contributed by atoms with van der Waals surface area (Å²) in [6.45, 7) is 4.67. The Morgan fingerprint density at radius 1 is 1.35 bits per heavy atom. The summed E-state index contributed by atoms with van der Waals surface area (Å²) in [4.78, 5) is 24.2. The van der Waals surface area contributed by atoms with Crippen molar-refractivity contribution < 1.29 is 24.2 Å². The predicted molar refractivity (Wildman–Crippen MR) is 72.5 cm³/mol. The number of nitrogens with zero attached hydrogens (tertiary/aromatic N) is 1. The number of likely N-dealkylation sites (N-methyl/N-ethyl adjacent to an activating group) is 1. The Bertz CT molecular complexity index is 461. The predicted octanol–water partition coefficient (Wildman–Crippen LogP) is 1.18. The summed E-state index contributed by atoms with van der Waals surface area (Å²) in [6, 6.07) is 6.05. The molecule has 110 valence electrons. The summed E-state index contributed by atoms with van der Waals surface area (Å²) in [5, 5.41) is 9.27. The highest BCUT2D eigenvalue weighted by Gasteiger charge is 2.11. The molecule has 0 saturated carbocycles. The topological polar surface area (TPSA) is 76.1 Å². The first-order valence-corrected chi connectivity index (χ1v) is 6.36. The van der Waals surface area contributed by atoms with E-state index in [0.29, 0.717) is 18.8 Å². The standard InChI is InChI=1S/C14H19NO5/c1-3-15(7-8-19-11(2)16)10-14(18)20-13-6-4-5-12(17)9-13/h4-6,9,17H,3,7-8,10H2,1-2H3. The first-order valence-electron chi connectivity index (χ1n) is 6.36. The summed E-state index contributed by atoms with van der Waals surface area (Å²) in [5.41, 5.74) is 0. The van der Waals surface area contributed by atoms with Gasteiger partial charge in [0.05, 0.1) is 6.54 Å². The van der Waals surface area contributed by atoms with Crippen LogP contribution in [0.1, 0.15) is 13.8 Å². The molecule has 6 heteroatoms. The minimum atomic E-state index is -0.430. The van der Waals surface area contributed by atoms with Crippen LogP contribution >= 0.6 is 0 Å². The van der Waals surface area contributed by atoms with Crippen LogP contribution in [-0.4, -0.2) is 48.2 Å². The van der Waals surface area contributed by atoms with Crippen LogP contribution in [0.4, 0.5) is 0 Å². The molecule has 0 spiro atoms. The lowest BCUT2D eigenvalue weighted by atomic mass is 10.3. The van der Waals surface area contributed by atoms with Crippen molar-refractivity contribution in [3.63, 3.8) is 0 Å². The summed E-state index contributed by atoms with van der Waals surface area (Å²) >= 11 is 0. The SMILES string of the molecule is CCN(CCOC(C)=O)CC(=O)Oc1cccc(O)c1. The number of hydrogen-bond acceptors (Lipinski definition) is 6. The second-order valence-electron chi connectivity index (χ2n) is 4.18. The molecule has 0 fully saturated rings. The van der Waals surface area contributed by atoms with E-state index in [1.807, 2.05) is 6.92 Å². The fourth-order valence-electron chi connectivity index (χ4n) is 1.56. The fraction of sp³-hybridized carbons (Fsp3) is 0.429. The summed E-state index contributed by atoms with van der Waals surface area (Å²) in [6.07, 6.45) is 0. The molecule has 1 aromatic carbocycles. The Morgan fingerprint density at radius 3 is 2.70 bits per heavy atom. The van der Waals surface area contributed by atoms with Crippen molar-refractivity contribution in [3.05, 3.63) is 24.3 Å². The second kappa shape index (κ2) is 8.16. The zero-order valence-corrected chi connectivity index (χ0v) is 11.7. The Labute approximate surface area is 117 Å². The molecule has 1 aromatic rings. The van der Waals surface area contributed by atoms with E-state index in [1.54, 1.807) is 17.0 Å². The number of benzene rings is 1. The molecule has 0 saturated heterocycles. The van der Waals surface area contributed by atoms with Crippen molar-refractivity contribution >= 4 is 11.9 Å². The summed E-state index contributed by atoms with van der Waals surface area (Å²) in [7, 11) is 0. The molecule has 0 aliphatic heterocycles. The van der Waals surface area contributed by atoms with Gasteiger partial charge < -0.3 is 14.6 Å². The quantitative estimate of drug-likeness (QED) is 0.597. The van der Waals surface area contributed by atoms with Gasteiger partial charge in [0.2, 0.25) is 0 Å². The van der Waals surface area contributed by atoms with Gasteiger partial charge in [0.15, 0.2) is 0 Å². The monoisotopic (exact) mass is 281 g/mol. The van der Waals surface area contributed by atoms with Crippen LogP contribution in [0, 0.1) is 0 Å². The molecule has 0 heterocycles. The van der Waals surface area contributed by atoms with Gasteiger partial charge >= 0.3 is 11.9 Å². The molecule has 0 amide bonds. The zero-order chi connectivity index (χ0) is 15.0. The Balaban J connectivity index is 2.40. The summed E-state index contributed by atoms with van der Waals surface area (Å²) < 4.78 is 9.93. The average molecular weight is 281 g/mol. The first-order chi connectivity index (χ1) is 9.51. The minimum Gasteiger partial charge on any atom is -0.508 e. The largest absolute Gasteiger partial charge is 0.508 e. The van der Waals surface area contributed by atoms with Crippen LogP contribution in [0.25, 0.3) is 0 Å². The van der Waals surface area contributed by atoms with Crippen LogP contribution in [-0.2, 0) is 14.3 Å². The molecular formula is C14H19NO5. The van der Waals surface area contributed by atoms with Gasteiger partial charge in [-0.05, 0) is 18.7 Å². The van der Waals surface area contributed by atoms with Gasteiger partial charge in [0.25, 0.3) is 0 Å². The molecule has 0 aliphatic carbocycles. The van der Waals surface area contributed by atoms with Crippen molar-refractivity contribution in [1.82, 2.24) is 4.90 Å². The zero-order valence-electron chi connectivity index (χ0n) is 11.7. The van der Waals surface area contributed by atoms with E-state index in [0.717, 1.165) is 0 Å². The smallest absolute Gasteiger partial charge is 0.325 e. The number of carbonyl (C=O) groups excluding carboxylic acids is 2. The lowest BCUT2D eigenvalue weighted by Crippen LogP contribution is -2.34. The van der Waals surface area contributed by atoms with Gasteiger partial charge in [-0.3, -0.25) is 14.5 Å². The van der Waals surface area contributed by atoms with Crippen LogP contribution < -0.4 is 4.74 Å². The van der Waals surface area contributed by atoms with Crippen LogP contribution in [0.5, 0.6) is 11.5 Å². The van der Waals surface area contributed by atoms with Crippen LogP contribution in [0.15, 0.2) is 24.3 Å². The van der Waals surface area contributed by atoms with Crippen LogP contribution in [0.3, 0.4) is 0 Å². The number of phenols is 1. The van der Waals surface area contributed by atoms with Gasteiger partial charge in [0, 0.05) is 19.5 Å². The number of esters is 2. The van der Waals surface area contributed by atoms with E-state index in [-0.39, 0.29) is 24.9 Å². The molecule has 1 N–H and O–H groups in total. The van der Waals surface area contributed by atoms with Crippen molar-refractivity contribution in [2.24, 2.45) is 0 Å². The third-order valence-corrected chi connectivity index (χ3v) is 2.56. The number of carbonyl (C=O) groups is 2. The highest BCUT2D eigenvalue weighted by molar-refractivity contribution is 5.74. The van der Waals surface area contributed by atoms with E-state index in [9.17, 15) is 14.7 Å². The number of aromatic hydroxyl groups is 1. The molecule has 0 radical (unpaired) electrons. The molecule has 0 unspecified atom stereocenters. The fourth-order valence-corrected chi connectivity index (χ4v) is 1.56. The summed E-state index contributed by atoms with van der Waals surface area (Å²) in [5.74, 6) is -0.438. The molecule has 6 nitrogen and oxygen atoms in total. The van der Waals surface area contributed by atoms with E-state index >= 15 is 0 Å². The van der Waals surface area contributed by atoms with Crippen LogP contribution in [0.2, 0.25) is 0 Å². The number of phenolic OH excluding ortho intramolecular Hbond substituents is 1. The van der Waals surface area contributed by atoms with E-state index in [1.165, 1.54) is 19.1 Å². The third-order valence-electron chi connectivity index (χ3n) is 2.56. The normalized spacial score (nSPS) is 10.3. The van der Waals surface area contributed by atoms with E-state index in [4.69, 9.17) is 9.47 Å². The third kappa shape index (κ3) is 6.19. The van der Waals surface area contributed by atoms with Crippen molar-refractivity contribution in [2.45, 2.75) is 13.8 Å². The Kier molecular flexibility index (Phi) is 6.52. The highest BCUT2D eigenvalue weighted by atomic mass is 16.5. The lowest BCUT2D eigenvalue weighted by molar-refractivity contribution is -0.141. The maximum atomic E-state index is 11.7. The Hall–Kier alpha value is -2.08. The highest BCUT2D eigenvalue weighted by Crippen LogP contribution is 2.17. The molecular weight excluding hydrogens is 262 g/mol. The van der Waals surface area contributed by atoms with Gasteiger partial charge in [-0.1, -0.05) is 13.0 Å². The number of rotatable bonds is 7. The van der Waals surface area contributed by atoms with Gasteiger partial charge in [-0.15, -0.1) is 0 Å². The molecule has 1 rings (SSSR count). The van der Waals surface area contributed by atoms with Gasteiger partial charge in [0.1, 0.15) is 18.1 Å². The number of ether oxygens (including phenoxy) is 2. The molecule has 0 aliphatic rings. The molecule has 0 bridgehead atoms. The second-order valence-corrected chi connectivity index (χ2v) is 4.18. The van der Waals surface area contributed by atoms with Crippen molar-refractivity contribution in [1.29, 1.82) is 0 Å². The Morgan fingerprint density at radius 2 is 2.10 bits per heavy atom. The lowest BCUT2D eigenvalue weighted by Gasteiger charge is -2.18. The molecule has 20 heavy (non-hydrogen) atoms. The maximum absolute atomic E-state index is 11.7. The first kappa shape index (κ1) is 16.0. The minimum absolute atomic E-state index is 0.0394. The van der Waals surface area contributed by atoms with E-state index < -0.39 is 5.97 Å². The van der Waals surface area contributed by atoms with Crippen molar-refractivity contribution in [3.8, 4) is 11.5 Å². The maximum Gasteiger partial charge on any atom is 0.325 e. The van der Waals surface area contributed by atoms with E-state index in [2.05, 4.69) is 0 Å².